The minimum Gasteiger partial charge on any atom is -0.311 e. The highest BCUT2D eigenvalue weighted by Crippen LogP contribution is 2.36. The van der Waals surface area contributed by atoms with Crippen LogP contribution < -0.4 is 4.90 Å². The predicted molar refractivity (Wildman–Crippen MR) is 119 cm³/mol. The minimum atomic E-state index is 1.17. The summed E-state index contributed by atoms with van der Waals surface area (Å²) in [6.45, 7) is 6.40. The van der Waals surface area contributed by atoms with E-state index in [4.69, 9.17) is 0 Å². The molecule has 3 aromatic carbocycles. The lowest BCUT2D eigenvalue weighted by molar-refractivity contribution is 1.27. The summed E-state index contributed by atoms with van der Waals surface area (Å²) in [5.41, 5.74) is 7.31. The Balaban J connectivity index is 1.76. The Morgan fingerprint density at radius 1 is 0.519 bits per heavy atom. The van der Waals surface area contributed by atoms with Gasteiger partial charge in [0.15, 0.2) is 0 Å². The van der Waals surface area contributed by atoms with Gasteiger partial charge in [0.1, 0.15) is 0 Å². The van der Waals surface area contributed by atoms with Crippen LogP contribution in [-0.4, -0.2) is 0 Å². The van der Waals surface area contributed by atoms with Crippen molar-refractivity contribution in [3.63, 3.8) is 0 Å². The van der Waals surface area contributed by atoms with E-state index in [0.717, 1.165) is 0 Å². The molecule has 1 aromatic heterocycles. The number of rotatable bonds is 4. The van der Waals surface area contributed by atoms with Crippen molar-refractivity contribution < 1.29 is 0 Å². The second-order valence-electron chi connectivity index (χ2n) is 6.96. The maximum absolute atomic E-state index is 2.31. The summed E-state index contributed by atoms with van der Waals surface area (Å²) < 4.78 is 0. The van der Waals surface area contributed by atoms with Crippen molar-refractivity contribution >= 4 is 28.4 Å². The van der Waals surface area contributed by atoms with Crippen LogP contribution >= 0.6 is 11.3 Å². The van der Waals surface area contributed by atoms with Gasteiger partial charge in [0.2, 0.25) is 0 Å². The Bertz CT molecular complexity index is 980. The molecule has 0 amide bonds. The molecule has 4 aromatic rings. The Labute approximate surface area is 165 Å². The van der Waals surface area contributed by atoms with Crippen LogP contribution in [0.25, 0.3) is 10.4 Å². The zero-order valence-corrected chi connectivity index (χ0v) is 16.8. The third-order valence-corrected chi connectivity index (χ3v) is 5.78. The number of aryl methyl sites for hydroxylation is 3. The lowest BCUT2D eigenvalue weighted by Gasteiger charge is -2.26. The Hall–Kier alpha value is -2.84. The molecule has 1 heterocycles. The zero-order chi connectivity index (χ0) is 18.8. The van der Waals surface area contributed by atoms with Gasteiger partial charge in [-0.3, -0.25) is 0 Å². The lowest BCUT2D eigenvalue weighted by Crippen LogP contribution is -2.09. The maximum Gasteiger partial charge on any atom is 0.0462 e. The van der Waals surface area contributed by atoms with Crippen LogP contribution in [0.5, 0.6) is 0 Å². The van der Waals surface area contributed by atoms with Crippen LogP contribution in [0.3, 0.4) is 0 Å². The summed E-state index contributed by atoms with van der Waals surface area (Å²) in [6, 6.07) is 30.7. The van der Waals surface area contributed by atoms with E-state index in [0.29, 0.717) is 0 Å². The number of hydrogen-bond donors (Lipinski definition) is 0. The second kappa shape index (κ2) is 7.42. The SMILES string of the molecule is Cc1ccc(N(c2ccc(C)cc2)c2ccc(-c3ccc(C)s3)cc2)cc1. The van der Waals surface area contributed by atoms with Gasteiger partial charge in [-0.15, -0.1) is 11.3 Å². The predicted octanol–water partition coefficient (Wildman–Crippen LogP) is 7.81. The average molecular weight is 370 g/mol. The smallest absolute Gasteiger partial charge is 0.0462 e. The first kappa shape index (κ1) is 17.6. The van der Waals surface area contributed by atoms with E-state index in [1.165, 1.54) is 43.5 Å². The van der Waals surface area contributed by atoms with Crippen LogP contribution in [0.15, 0.2) is 84.9 Å². The molecule has 0 aliphatic carbocycles. The van der Waals surface area contributed by atoms with Crippen LogP contribution in [0.2, 0.25) is 0 Å². The quantitative estimate of drug-likeness (QED) is 0.354. The van der Waals surface area contributed by atoms with Crippen molar-refractivity contribution in [2.24, 2.45) is 0 Å². The van der Waals surface area contributed by atoms with Gasteiger partial charge in [-0.1, -0.05) is 47.5 Å². The molecular formula is C25H23NS. The molecule has 27 heavy (non-hydrogen) atoms. The molecule has 0 saturated heterocycles. The van der Waals surface area contributed by atoms with E-state index in [-0.39, 0.29) is 0 Å². The van der Waals surface area contributed by atoms with Crippen molar-refractivity contribution in [1.82, 2.24) is 0 Å². The van der Waals surface area contributed by atoms with Crippen molar-refractivity contribution in [3.8, 4) is 10.4 Å². The normalized spacial score (nSPS) is 10.8. The van der Waals surface area contributed by atoms with E-state index >= 15 is 0 Å². The molecule has 0 saturated carbocycles. The third kappa shape index (κ3) is 3.81. The van der Waals surface area contributed by atoms with Gasteiger partial charge in [-0.05, 0) is 74.9 Å². The number of thiophene rings is 1. The van der Waals surface area contributed by atoms with E-state index in [2.05, 4.69) is 111 Å². The van der Waals surface area contributed by atoms with E-state index in [9.17, 15) is 0 Å². The minimum absolute atomic E-state index is 1.17. The molecule has 0 radical (unpaired) electrons. The maximum atomic E-state index is 2.31. The Kier molecular flexibility index (Phi) is 4.83. The molecule has 2 heteroatoms. The van der Waals surface area contributed by atoms with Crippen LogP contribution in [0, 0.1) is 20.8 Å². The summed E-state index contributed by atoms with van der Waals surface area (Å²) >= 11 is 1.84. The standard InChI is InChI=1S/C25H23NS/c1-18-4-11-22(12-5-18)26(23-13-6-19(2)7-14-23)24-15-9-21(10-16-24)25-17-8-20(3)27-25/h4-17H,1-3H3. The molecule has 1 nitrogen and oxygen atoms in total. The van der Waals surface area contributed by atoms with Crippen molar-refractivity contribution in [3.05, 3.63) is 101 Å². The van der Waals surface area contributed by atoms with Crippen LogP contribution in [0.4, 0.5) is 17.1 Å². The molecule has 0 aliphatic heterocycles. The third-order valence-electron chi connectivity index (χ3n) is 4.73. The van der Waals surface area contributed by atoms with Gasteiger partial charge < -0.3 is 4.90 Å². The van der Waals surface area contributed by atoms with Gasteiger partial charge in [-0.25, -0.2) is 0 Å². The molecule has 0 aliphatic rings. The first-order valence-corrected chi connectivity index (χ1v) is 10.0. The molecule has 0 fully saturated rings. The highest BCUT2D eigenvalue weighted by Gasteiger charge is 2.12. The monoisotopic (exact) mass is 369 g/mol. The first-order valence-electron chi connectivity index (χ1n) is 9.20. The summed E-state index contributed by atoms with van der Waals surface area (Å²) in [4.78, 5) is 4.97. The molecule has 0 atom stereocenters. The highest BCUT2D eigenvalue weighted by molar-refractivity contribution is 7.15. The molecule has 134 valence electrons. The highest BCUT2D eigenvalue weighted by atomic mass is 32.1. The fraction of sp³-hybridized carbons (Fsp3) is 0.120. The van der Waals surface area contributed by atoms with Crippen LogP contribution in [-0.2, 0) is 0 Å². The van der Waals surface area contributed by atoms with Gasteiger partial charge in [0, 0.05) is 26.8 Å². The number of nitrogens with zero attached hydrogens (tertiary/aromatic N) is 1. The molecular weight excluding hydrogens is 346 g/mol. The molecule has 0 spiro atoms. The average Bonchev–Trinajstić information content (AvgIpc) is 3.12. The van der Waals surface area contributed by atoms with E-state index in [1.807, 2.05) is 11.3 Å². The van der Waals surface area contributed by atoms with E-state index in [1.54, 1.807) is 0 Å². The number of anilines is 3. The number of benzene rings is 3. The largest absolute Gasteiger partial charge is 0.311 e. The van der Waals surface area contributed by atoms with E-state index < -0.39 is 0 Å². The Morgan fingerprint density at radius 2 is 0.963 bits per heavy atom. The lowest BCUT2D eigenvalue weighted by atomic mass is 10.1. The van der Waals surface area contributed by atoms with Gasteiger partial charge in [-0.2, -0.15) is 0 Å². The summed E-state index contributed by atoms with van der Waals surface area (Å²) in [7, 11) is 0. The fourth-order valence-corrected chi connectivity index (χ4v) is 4.07. The topological polar surface area (TPSA) is 3.24 Å². The summed E-state index contributed by atoms with van der Waals surface area (Å²) in [5.74, 6) is 0. The van der Waals surface area contributed by atoms with Gasteiger partial charge >= 0.3 is 0 Å². The second-order valence-corrected chi connectivity index (χ2v) is 8.25. The zero-order valence-electron chi connectivity index (χ0n) is 15.9. The van der Waals surface area contributed by atoms with Gasteiger partial charge in [0.25, 0.3) is 0 Å². The van der Waals surface area contributed by atoms with Gasteiger partial charge in [0.05, 0.1) is 0 Å². The summed E-state index contributed by atoms with van der Waals surface area (Å²) in [5, 5.41) is 0. The molecule has 0 N–H and O–H groups in total. The van der Waals surface area contributed by atoms with Crippen molar-refractivity contribution in [1.29, 1.82) is 0 Å². The molecule has 4 rings (SSSR count). The van der Waals surface area contributed by atoms with Crippen molar-refractivity contribution in [2.45, 2.75) is 20.8 Å². The molecule has 0 bridgehead atoms. The van der Waals surface area contributed by atoms with Crippen molar-refractivity contribution in [2.75, 3.05) is 4.90 Å². The van der Waals surface area contributed by atoms with Crippen LogP contribution in [0.1, 0.15) is 16.0 Å². The molecule has 0 unspecified atom stereocenters. The summed E-state index contributed by atoms with van der Waals surface area (Å²) in [6.07, 6.45) is 0. The Morgan fingerprint density at radius 3 is 1.37 bits per heavy atom. The first-order chi connectivity index (χ1) is 13.1. The number of hydrogen-bond acceptors (Lipinski definition) is 2. The fourth-order valence-electron chi connectivity index (χ4n) is 3.20.